The van der Waals surface area contributed by atoms with Gasteiger partial charge in [-0.15, -0.1) is 0 Å². The van der Waals surface area contributed by atoms with E-state index < -0.39 is 0 Å². The Morgan fingerprint density at radius 1 is 0.895 bits per heavy atom. The lowest BCUT2D eigenvalue weighted by Crippen LogP contribution is -2.41. The minimum atomic E-state index is 0.810. The summed E-state index contributed by atoms with van der Waals surface area (Å²) in [6, 6.07) is 0.810. The highest BCUT2D eigenvalue weighted by molar-refractivity contribution is 4.82. The quantitative estimate of drug-likeness (QED) is 0.552. The van der Waals surface area contributed by atoms with E-state index in [0.717, 1.165) is 23.8 Å². The summed E-state index contributed by atoms with van der Waals surface area (Å²) in [6.45, 7) is 10.7. The van der Waals surface area contributed by atoms with Gasteiger partial charge in [0.1, 0.15) is 0 Å². The molecule has 0 radical (unpaired) electrons. The summed E-state index contributed by atoms with van der Waals surface area (Å²) in [7, 11) is 0. The summed E-state index contributed by atoms with van der Waals surface area (Å²) >= 11 is 0. The molecule has 19 heavy (non-hydrogen) atoms. The molecule has 1 aliphatic carbocycles. The van der Waals surface area contributed by atoms with Crippen LogP contribution in [0.3, 0.4) is 0 Å². The summed E-state index contributed by atoms with van der Waals surface area (Å²) in [5, 5.41) is 3.85. The molecule has 1 rings (SSSR count). The van der Waals surface area contributed by atoms with Crippen molar-refractivity contribution in [1.82, 2.24) is 5.32 Å². The molecule has 1 N–H and O–H groups in total. The summed E-state index contributed by atoms with van der Waals surface area (Å²) in [6.07, 6.45) is 12.8. The van der Waals surface area contributed by atoms with Gasteiger partial charge in [-0.3, -0.25) is 0 Å². The van der Waals surface area contributed by atoms with Crippen LogP contribution in [-0.4, -0.2) is 12.6 Å². The summed E-state index contributed by atoms with van der Waals surface area (Å²) in [5.74, 6) is 2.66. The normalized spacial score (nSPS) is 24.3. The maximum absolute atomic E-state index is 3.85. The Balaban J connectivity index is 2.04. The van der Waals surface area contributed by atoms with Crippen LogP contribution in [0.5, 0.6) is 0 Å². The zero-order valence-electron chi connectivity index (χ0n) is 13.9. The Kier molecular flexibility index (Phi) is 8.77. The molecule has 1 heteroatoms. The molecule has 0 spiro atoms. The van der Waals surface area contributed by atoms with E-state index in [9.17, 15) is 0 Å². The first-order valence-corrected chi connectivity index (χ1v) is 8.84. The lowest BCUT2D eigenvalue weighted by Gasteiger charge is -2.35. The molecule has 0 heterocycles. The number of unbranched alkanes of at least 4 members (excludes halogenated alkanes) is 3. The van der Waals surface area contributed by atoms with Gasteiger partial charge in [-0.25, -0.2) is 0 Å². The fourth-order valence-corrected chi connectivity index (χ4v) is 3.53. The Hall–Kier alpha value is -0.0400. The van der Waals surface area contributed by atoms with Crippen LogP contribution < -0.4 is 5.32 Å². The summed E-state index contributed by atoms with van der Waals surface area (Å²) < 4.78 is 0. The van der Waals surface area contributed by atoms with Crippen LogP contribution in [0, 0.1) is 17.8 Å². The molecule has 0 aromatic rings. The Morgan fingerprint density at radius 2 is 1.58 bits per heavy atom. The van der Waals surface area contributed by atoms with Crippen LogP contribution >= 0.6 is 0 Å². The summed E-state index contributed by atoms with van der Waals surface area (Å²) in [5.41, 5.74) is 0. The molecule has 1 nitrogen and oxygen atoms in total. The van der Waals surface area contributed by atoms with Crippen molar-refractivity contribution in [3.05, 3.63) is 0 Å². The van der Waals surface area contributed by atoms with Gasteiger partial charge in [-0.1, -0.05) is 66.2 Å². The molecule has 0 aliphatic heterocycles. The minimum Gasteiger partial charge on any atom is -0.314 e. The van der Waals surface area contributed by atoms with Crippen LogP contribution in [0.15, 0.2) is 0 Å². The van der Waals surface area contributed by atoms with Gasteiger partial charge in [0.05, 0.1) is 0 Å². The summed E-state index contributed by atoms with van der Waals surface area (Å²) in [4.78, 5) is 0. The maximum Gasteiger partial charge on any atom is 0.00977 e. The van der Waals surface area contributed by atoms with E-state index in [1.54, 1.807) is 0 Å². The molecular formula is C18H37N. The Morgan fingerprint density at radius 3 is 2.26 bits per heavy atom. The van der Waals surface area contributed by atoms with Crippen molar-refractivity contribution >= 4 is 0 Å². The molecule has 1 aliphatic rings. The zero-order chi connectivity index (χ0) is 14.1. The molecule has 0 aromatic carbocycles. The van der Waals surface area contributed by atoms with E-state index in [1.165, 1.54) is 64.3 Å². The predicted molar refractivity (Wildman–Crippen MR) is 86.5 cm³/mol. The number of hydrogen-bond donors (Lipinski definition) is 1. The number of rotatable bonds is 9. The standard InChI is InChI=1S/C18H37N/c1-15(2)11-7-5-6-10-14-19-18-13-9-8-12-17(18)16(3)4/h15-19H,5-14H2,1-4H3. The highest BCUT2D eigenvalue weighted by Crippen LogP contribution is 2.30. The molecule has 0 aromatic heterocycles. The number of nitrogens with one attached hydrogen (secondary N) is 1. The lowest BCUT2D eigenvalue weighted by molar-refractivity contribution is 0.205. The van der Waals surface area contributed by atoms with Crippen molar-refractivity contribution in [3.63, 3.8) is 0 Å². The van der Waals surface area contributed by atoms with Crippen LogP contribution in [-0.2, 0) is 0 Å². The first-order chi connectivity index (χ1) is 9.11. The van der Waals surface area contributed by atoms with Crippen molar-refractivity contribution in [2.75, 3.05) is 6.54 Å². The first-order valence-electron chi connectivity index (χ1n) is 8.84. The monoisotopic (exact) mass is 267 g/mol. The third kappa shape index (κ3) is 7.34. The van der Waals surface area contributed by atoms with Gasteiger partial charge in [0, 0.05) is 6.04 Å². The predicted octanol–water partition coefficient (Wildman–Crippen LogP) is 5.40. The van der Waals surface area contributed by atoms with Gasteiger partial charge in [-0.2, -0.15) is 0 Å². The minimum absolute atomic E-state index is 0.810. The fourth-order valence-electron chi connectivity index (χ4n) is 3.53. The average molecular weight is 268 g/mol. The SMILES string of the molecule is CC(C)CCCCCCNC1CCCCC1C(C)C. The van der Waals surface area contributed by atoms with Gasteiger partial charge in [-0.05, 0) is 43.6 Å². The van der Waals surface area contributed by atoms with E-state index in [-0.39, 0.29) is 0 Å². The van der Waals surface area contributed by atoms with Crippen LogP contribution in [0.25, 0.3) is 0 Å². The smallest absolute Gasteiger partial charge is 0.00977 e. The van der Waals surface area contributed by atoms with E-state index in [1.807, 2.05) is 0 Å². The zero-order valence-corrected chi connectivity index (χ0v) is 13.9. The van der Waals surface area contributed by atoms with Crippen LogP contribution in [0.4, 0.5) is 0 Å². The Labute approximate surface area is 121 Å². The lowest BCUT2D eigenvalue weighted by atomic mass is 9.78. The van der Waals surface area contributed by atoms with Gasteiger partial charge >= 0.3 is 0 Å². The Bertz CT molecular complexity index is 210. The number of hydrogen-bond acceptors (Lipinski definition) is 1. The molecule has 114 valence electrons. The molecular weight excluding hydrogens is 230 g/mol. The van der Waals surface area contributed by atoms with E-state index in [2.05, 4.69) is 33.0 Å². The van der Waals surface area contributed by atoms with E-state index in [0.29, 0.717) is 0 Å². The van der Waals surface area contributed by atoms with Gasteiger partial charge in [0.25, 0.3) is 0 Å². The average Bonchev–Trinajstić information content (AvgIpc) is 2.37. The highest BCUT2D eigenvalue weighted by atomic mass is 14.9. The third-order valence-electron chi connectivity index (χ3n) is 4.79. The van der Waals surface area contributed by atoms with Gasteiger partial charge < -0.3 is 5.32 Å². The van der Waals surface area contributed by atoms with E-state index >= 15 is 0 Å². The molecule has 0 amide bonds. The maximum atomic E-state index is 3.85. The second kappa shape index (κ2) is 9.80. The van der Waals surface area contributed by atoms with Crippen molar-refractivity contribution in [1.29, 1.82) is 0 Å². The largest absolute Gasteiger partial charge is 0.314 e. The van der Waals surface area contributed by atoms with E-state index in [4.69, 9.17) is 0 Å². The second-order valence-electron chi connectivity index (χ2n) is 7.35. The van der Waals surface area contributed by atoms with Gasteiger partial charge in [0.15, 0.2) is 0 Å². The highest BCUT2D eigenvalue weighted by Gasteiger charge is 2.26. The molecule has 2 atom stereocenters. The fraction of sp³-hybridized carbons (Fsp3) is 1.00. The first kappa shape index (κ1) is 17.0. The molecule has 0 bridgehead atoms. The topological polar surface area (TPSA) is 12.0 Å². The van der Waals surface area contributed by atoms with Crippen molar-refractivity contribution < 1.29 is 0 Å². The van der Waals surface area contributed by atoms with Gasteiger partial charge in [0.2, 0.25) is 0 Å². The molecule has 1 saturated carbocycles. The molecule has 2 unspecified atom stereocenters. The van der Waals surface area contributed by atoms with Crippen LogP contribution in [0.2, 0.25) is 0 Å². The molecule has 1 fully saturated rings. The second-order valence-corrected chi connectivity index (χ2v) is 7.35. The van der Waals surface area contributed by atoms with Crippen molar-refractivity contribution in [2.45, 2.75) is 91.5 Å². The van der Waals surface area contributed by atoms with Crippen molar-refractivity contribution in [2.24, 2.45) is 17.8 Å². The molecule has 0 saturated heterocycles. The van der Waals surface area contributed by atoms with Crippen LogP contribution in [0.1, 0.15) is 85.5 Å². The van der Waals surface area contributed by atoms with Crippen molar-refractivity contribution in [3.8, 4) is 0 Å². The third-order valence-corrected chi connectivity index (χ3v) is 4.79.